The van der Waals surface area contributed by atoms with E-state index < -0.39 is 5.92 Å². The first-order valence-corrected chi connectivity index (χ1v) is 9.95. The van der Waals surface area contributed by atoms with Crippen LogP contribution in [0.2, 0.25) is 0 Å². The Labute approximate surface area is 156 Å². The number of rotatable bonds is 3. The van der Waals surface area contributed by atoms with Crippen molar-refractivity contribution in [3.05, 3.63) is 30.3 Å². The van der Waals surface area contributed by atoms with Crippen molar-refractivity contribution in [3.63, 3.8) is 0 Å². The van der Waals surface area contributed by atoms with E-state index in [2.05, 4.69) is 0 Å². The standard InChI is InChI=1S/C20H22O5S/c1-20-8-7-16(26-13-5-3-2-4-6-13)14(11-21)15(22)9-12-10-17(23)24-18(12)19(20)25-20/h2-6,11-12,14,16,18-19H,7-10H2,1H3/t12-,14?,16?,18-,19+,20+/m0/s1. The number of Topliss-reactive ketones (excluding diaryl/α,β-unsaturated/α-hetero) is 1. The fourth-order valence-electron chi connectivity index (χ4n) is 4.18. The molecule has 1 aromatic rings. The molecule has 26 heavy (non-hydrogen) atoms. The SMILES string of the molecule is C[C@@]12CCC(Sc3ccccc3)C(C=O)C(=O)C[C@H]3CC(=O)O[C@@H]3[C@H]1O2. The zero-order chi connectivity index (χ0) is 18.3. The average Bonchev–Trinajstić information content (AvgIpc) is 3.16. The van der Waals surface area contributed by atoms with Crippen LogP contribution in [0.15, 0.2) is 35.2 Å². The van der Waals surface area contributed by atoms with Gasteiger partial charge < -0.3 is 14.3 Å². The second-order valence-electron chi connectivity index (χ2n) is 7.61. The van der Waals surface area contributed by atoms with Crippen LogP contribution in [0.1, 0.15) is 32.6 Å². The predicted octanol–water partition coefficient (Wildman–Crippen LogP) is 2.80. The Balaban J connectivity index is 1.59. The smallest absolute Gasteiger partial charge is 0.306 e. The lowest BCUT2D eigenvalue weighted by Gasteiger charge is -2.26. The summed E-state index contributed by atoms with van der Waals surface area (Å²) in [7, 11) is 0. The lowest BCUT2D eigenvalue weighted by Crippen LogP contribution is -2.36. The van der Waals surface area contributed by atoms with Crippen molar-refractivity contribution >= 4 is 29.8 Å². The van der Waals surface area contributed by atoms with Gasteiger partial charge in [0.2, 0.25) is 0 Å². The van der Waals surface area contributed by atoms with Crippen molar-refractivity contribution in [2.24, 2.45) is 11.8 Å². The third-order valence-electron chi connectivity index (χ3n) is 5.74. The van der Waals surface area contributed by atoms with Crippen molar-refractivity contribution in [1.29, 1.82) is 0 Å². The molecule has 2 aliphatic heterocycles. The van der Waals surface area contributed by atoms with Gasteiger partial charge in [0.15, 0.2) is 0 Å². The Morgan fingerprint density at radius 3 is 2.69 bits per heavy atom. The molecule has 1 saturated carbocycles. The van der Waals surface area contributed by atoms with E-state index in [1.165, 1.54) is 0 Å². The van der Waals surface area contributed by atoms with Gasteiger partial charge in [0.1, 0.15) is 24.3 Å². The van der Waals surface area contributed by atoms with E-state index in [1.54, 1.807) is 11.8 Å². The third-order valence-corrected chi connectivity index (χ3v) is 7.11. The van der Waals surface area contributed by atoms with Crippen molar-refractivity contribution < 1.29 is 23.9 Å². The van der Waals surface area contributed by atoms with Crippen LogP contribution in [-0.4, -0.2) is 41.1 Å². The average molecular weight is 374 g/mol. The number of hydrogen-bond donors (Lipinski definition) is 0. The summed E-state index contributed by atoms with van der Waals surface area (Å²) in [6.45, 7) is 2.03. The molecule has 3 fully saturated rings. The van der Waals surface area contributed by atoms with Gasteiger partial charge in [0.05, 0.1) is 17.9 Å². The van der Waals surface area contributed by atoms with Crippen LogP contribution in [0.25, 0.3) is 0 Å². The second-order valence-corrected chi connectivity index (χ2v) is 8.92. The lowest BCUT2D eigenvalue weighted by molar-refractivity contribution is -0.142. The Hall–Kier alpha value is -1.66. The van der Waals surface area contributed by atoms with E-state index in [9.17, 15) is 14.4 Å². The summed E-state index contributed by atoms with van der Waals surface area (Å²) >= 11 is 1.58. The Morgan fingerprint density at radius 2 is 1.96 bits per heavy atom. The molecular weight excluding hydrogens is 352 g/mol. The molecule has 5 nitrogen and oxygen atoms in total. The van der Waals surface area contributed by atoms with Crippen LogP contribution >= 0.6 is 11.8 Å². The van der Waals surface area contributed by atoms with E-state index in [4.69, 9.17) is 9.47 Å². The first kappa shape index (κ1) is 17.7. The van der Waals surface area contributed by atoms with Crippen molar-refractivity contribution in [2.75, 3.05) is 0 Å². The van der Waals surface area contributed by atoms with Crippen molar-refractivity contribution in [2.45, 2.75) is 60.6 Å². The fraction of sp³-hybridized carbons (Fsp3) is 0.550. The maximum Gasteiger partial charge on any atom is 0.306 e. The number of fused-ring (bicyclic) bond motifs is 3. The van der Waals surface area contributed by atoms with Crippen LogP contribution in [-0.2, 0) is 23.9 Å². The van der Waals surface area contributed by atoms with Gasteiger partial charge >= 0.3 is 5.97 Å². The Kier molecular flexibility index (Phi) is 4.65. The maximum atomic E-state index is 12.9. The summed E-state index contributed by atoms with van der Waals surface area (Å²) in [5.74, 6) is -1.23. The Morgan fingerprint density at radius 1 is 1.19 bits per heavy atom. The molecule has 2 heterocycles. The molecule has 0 radical (unpaired) electrons. The number of carbonyl (C=O) groups excluding carboxylic acids is 3. The predicted molar refractivity (Wildman–Crippen MR) is 95.8 cm³/mol. The molecule has 2 unspecified atom stereocenters. The van der Waals surface area contributed by atoms with Gasteiger partial charge in [0, 0.05) is 22.5 Å². The highest BCUT2D eigenvalue weighted by Gasteiger charge is 2.61. The summed E-state index contributed by atoms with van der Waals surface area (Å²) in [4.78, 5) is 37.5. The highest BCUT2D eigenvalue weighted by Crippen LogP contribution is 2.50. The maximum absolute atomic E-state index is 12.9. The summed E-state index contributed by atoms with van der Waals surface area (Å²) in [6, 6.07) is 9.84. The first-order chi connectivity index (χ1) is 12.5. The van der Waals surface area contributed by atoms with Gasteiger partial charge in [-0.05, 0) is 31.9 Å². The molecule has 4 rings (SSSR count). The molecule has 2 saturated heterocycles. The molecule has 0 bridgehead atoms. The van der Waals surface area contributed by atoms with Crippen LogP contribution in [0.5, 0.6) is 0 Å². The normalized spacial score (nSPS) is 39.5. The van der Waals surface area contributed by atoms with Gasteiger partial charge in [-0.3, -0.25) is 9.59 Å². The molecule has 6 heteroatoms. The molecular formula is C20H22O5S. The van der Waals surface area contributed by atoms with E-state index in [0.717, 1.165) is 17.6 Å². The van der Waals surface area contributed by atoms with Crippen LogP contribution in [0.4, 0.5) is 0 Å². The summed E-state index contributed by atoms with van der Waals surface area (Å²) in [5.41, 5.74) is -0.336. The van der Waals surface area contributed by atoms with Crippen LogP contribution in [0, 0.1) is 11.8 Å². The van der Waals surface area contributed by atoms with E-state index in [1.807, 2.05) is 37.3 Å². The largest absolute Gasteiger partial charge is 0.459 e. The highest BCUT2D eigenvalue weighted by atomic mass is 32.2. The number of aldehydes is 1. The second kappa shape index (κ2) is 6.82. The van der Waals surface area contributed by atoms with Gasteiger partial charge in [0.25, 0.3) is 0 Å². The molecule has 3 aliphatic rings. The highest BCUT2D eigenvalue weighted by molar-refractivity contribution is 8.00. The van der Waals surface area contributed by atoms with Gasteiger partial charge in [-0.1, -0.05) is 18.2 Å². The molecule has 138 valence electrons. The quantitative estimate of drug-likeness (QED) is 0.351. The van der Waals surface area contributed by atoms with Gasteiger partial charge in [-0.25, -0.2) is 0 Å². The first-order valence-electron chi connectivity index (χ1n) is 9.07. The number of esters is 1. The topological polar surface area (TPSA) is 73.0 Å². The molecule has 6 atom stereocenters. The molecule has 0 N–H and O–H groups in total. The van der Waals surface area contributed by atoms with Crippen molar-refractivity contribution in [3.8, 4) is 0 Å². The minimum Gasteiger partial charge on any atom is -0.459 e. The van der Waals surface area contributed by atoms with Crippen LogP contribution < -0.4 is 0 Å². The number of hydrogen-bond acceptors (Lipinski definition) is 6. The molecule has 0 spiro atoms. The summed E-state index contributed by atoms with van der Waals surface area (Å²) in [5, 5.41) is -0.126. The summed E-state index contributed by atoms with van der Waals surface area (Å²) < 4.78 is 11.4. The number of carbonyl (C=O) groups is 3. The van der Waals surface area contributed by atoms with E-state index >= 15 is 0 Å². The number of thioether (sulfide) groups is 1. The number of ketones is 1. The molecule has 1 aromatic carbocycles. The number of ether oxygens (including phenoxy) is 2. The summed E-state index contributed by atoms with van der Waals surface area (Å²) in [6.07, 6.45) is 2.15. The monoisotopic (exact) mass is 374 g/mol. The lowest BCUT2D eigenvalue weighted by atomic mass is 9.82. The van der Waals surface area contributed by atoms with Crippen LogP contribution in [0.3, 0.4) is 0 Å². The zero-order valence-corrected chi connectivity index (χ0v) is 15.4. The van der Waals surface area contributed by atoms with E-state index in [0.29, 0.717) is 6.42 Å². The van der Waals surface area contributed by atoms with E-state index in [-0.39, 0.29) is 53.6 Å². The molecule has 0 aromatic heterocycles. The Bertz CT molecular complexity index is 720. The fourth-order valence-corrected chi connectivity index (χ4v) is 5.44. The van der Waals surface area contributed by atoms with Gasteiger partial charge in [-0.15, -0.1) is 11.8 Å². The number of epoxide rings is 1. The van der Waals surface area contributed by atoms with Crippen molar-refractivity contribution in [1.82, 2.24) is 0 Å². The minimum atomic E-state index is -0.671. The molecule has 0 amide bonds. The minimum absolute atomic E-state index is 0.0917. The molecule has 1 aliphatic carbocycles. The number of benzene rings is 1. The third kappa shape index (κ3) is 3.32. The zero-order valence-electron chi connectivity index (χ0n) is 14.6. The van der Waals surface area contributed by atoms with Gasteiger partial charge in [-0.2, -0.15) is 0 Å².